The van der Waals surface area contributed by atoms with Crippen molar-refractivity contribution < 1.29 is 15.0 Å². The van der Waals surface area contributed by atoms with Gasteiger partial charge in [0.1, 0.15) is 0 Å². The molecule has 0 amide bonds. The van der Waals surface area contributed by atoms with E-state index >= 15 is 0 Å². The van der Waals surface area contributed by atoms with E-state index < -0.39 is 23.0 Å². The Kier molecular flexibility index (Phi) is 3.14. The molecule has 3 fully saturated rings. The highest BCUT2D eigenvalue weighted by Crippen LogP contribution is 2.71. The summed E-state index contributed by atoms with van der Waals surface area (Å²) in [6, 6.07) is 0.223. The van der Waals surface area contributed by atoms with Crippen molar-refractivity contribution in [3.05, 3.63) is 11.6 Å². The van der Waals surface area contributed by atoms with Crippen LogP contribution >= 0.6 is 0 Å². The first-order valence-electron chi connectivity index (χ1n) is 8.73. The predicted octanol–water partition coefficient (Wildman–Crippen LogP) is 1.51. The van der Waals surface area contributed by atoms with Gasteiger partial charge in [-0.3, -0.25) is 4.79 Å². The Bertz CT molecular complexity index is 544. The molecule has 0 radical (unpaired) electrons. The summed E-state index contributed by atoms with van der Waals surface area (Å²) in [6.07, 6.45) is 5.83. The average Bonchev–Trinajstić information content (AvgIpc) is 2.82. The number of hydrogen-bond donors (Lipinski definition) is 2. The number of hydrogen-bond acceptors (Lipinski definition) is 4. The zero-order chi connectivity index (χ0) is 15.7. The minimum atomic E-state index is -0.770. The lowest BCUT2D eigenvalue weighted by molar-refractivity contribution is -0.138. The summed E-state index contributed by atoms with van der Waals surface area (Å²) in [7, 11) is 2.12. The smallest absolute Gasteiger partial charge is 0.162 e. The Labute approximate surface area is 132 Å². The molecule has 2 saturated carbocycles. The maximum atomic E-state index is 13.1. The van der Waals surface area contributed by atoms with Crippen LogP contribution in [0.2, 0.25) is 0 Å². The number of likely N-dealkylation sites (tertiary alicyclic amines) is 1. The third-order valence-corrected chi connectivity index (χ3v) is 7.38. The molecule has 0 bridgehead atoms. The van der Waals surface area contributed by atoms with Gasteiger partial charge in [0.05, 0.1) is 12.2 Å². The molecule has 0 aromatic carbocycles. The van der Waals surface area contributed by atoms with Crippen LogP contribution < -0.4 is 0 Å². The van der Waals surface area contributed by atoms with E-state index in [1.807, 2.05) is 6.92 Å². The largest absolute Gasteiger partial charge is 0.390 e. The Balaban J connectivity index is 1.92. The normalized spacial score (nSPS) is 51.8. The summed E-state index contributed by atoms with van der Waals surface area (Å²) < 4.78 is 0. The fourth-order valence-electron chi connectivity index (χ4n) is 6.63. The topological polar surface area (TPSA) is 60.8 Å². The number of allylic oxidation sites excluding steroid dienone is 2. The van der Waals surface area contributed by atoms with E-state index in [4.69, 9.17) is 0 Å². The minimum absolute atomic E-state index is 0.100. The first-order chi connectivity index (χ1) is 10.4. The lowest BCUT2D eigenvalue weighted by Gasteiger charge is -2.48. The molecule has 22 heavy (non-hydrogen) atoms. The molecule has 4 aliphatic rings. The average molecular weight is 305 g/mol. The summed E-state index contributed by atoms with van der Waals surface area (Å²) in [6.45, 7) is 3.00. The van der Waals surface area contributed by atoms with E-state index in [0.717, 1.165) is 50.6 Å². The van der Waals surface area contributed by atoms with E-state index in [0.29, 0.717) is 0 Å². The molecule has 1 saturated heterocycles. The van der Waals surface area contributed by atoms with E-state index in [2.05, 4.69) is 11.9 Å². The van der Waals surface area contributed by atoms with Gasteiger partial charge >= 0.3 is 0 Å². The molecular formula is C18H27NO3. The first kappa shape index (κ1) is 14.9. The number of aliphatic hydroxyl groups excluding tert-OH is 2. The van der Waals surface area contributed by atoms with E-state index in [1.54, 1.807) is 6.08 Å². The van der Waals surface area contributed by atoms with Crippen molar-refractivity contribution in [1.29, 1.82) is 0 Å². The van der Waals surface area contributed by atoms with Crippen LogP contribution in [0.4, 0.5) is 0 Å². The zero-order valence-corrected chi connectivity index (χ0v) is 13.6. The van der Waals surface area contributed by atoms with Gasteiger partial charge in [0, 0.05) is 22.8 Å². The summed E-state index contributed by atoms with van der Waals surface area (Å²) in [5.41, 5.74) is 0.0694. The van der Waals surface area contributed by atoms with Crippen molar-refractivity contribution in [3.63, 3.8) is 0 Å². The van der Waals surface area contributed by atoms with Crippen LogP contribution in [0.3, 0.4) is 0 Å². The highest BCUT2D eigenvalue weighted by molar-refractivity contribution is 5.98. The maximum Gasteiger partial charge on any atom is 0.162 e. The van der Waals surface area contributed by atoms with Gasteiger partial charge in [-0.25, -0.2) is 0 Å². The van der Waals surface area contributed by atoms with Crippen molar-refractivity contribution in [2.45, 2.75) is 63.7 Å². The molecule has 4 heteroatoms. The van der Waals surface area contributed by atoms with Crippen LogP contribution in [0.1, 0.15) is 45.4 Å². The third-order valence-electron chi connectivity index (χ3n) is 7.38. The van der Waals surface area contributed by atoms with Gasteiger partial charge in [0.2, 0.25) is 0 Å². The maximum absolute atomic E-state index is 13.1. The molecule has 0 aromatic heterocycles. The second-order valence-corrected chi connectivity index (χ2v) is 8.10. The van der Waals surface area contributed by atoms with Crippen LogP contribution in [-0.4, -0.2) is 52.7 Å². The van der Waals surface area contributed by atoms with Crippen molar-refractivity contribution in [1.82, 2.24) is 4.90 Å². The van der Waals surface area contributed by atoms with Gasteiger partial charge in [-0.05, 0) is 58.7 Å². The summed E-state index contributed by atoms with van der Waals surface area (Å²) in [5, 5.41) is 21.9. The number of carbonyl (C=O) groups excluding carboxylic acids is 1. The number of aliphatic hydroxyl groups is 2. The van der Waals surface area contributed by atoms with Gasteiger partial charge in [0.25, 0.3) is 0 Å². The van der Waals surface area contributed by atoms with E-state index in [1.165, 1.54) is 0 Å². The van der Waals surface area contributed by atoms with Gasteiger partial charge in [0.15, 0.2) is 5.78 Å². The molecule has 1 aliphatic heterocycles. The van der Waals surface area contributed by atoms with Gasteiger partial charge < -0.3 is 15.1 Å². The second-order valence-electron chi connectivity index (χ2n) is 8.10. The molecular weight excluding hydrogens is 278 g/mol. The minimum Gasteiger partial charge on any atom is -0.390 e. The van der Waals surface area contributed by atoms with E-state index in [9.17, 15) is 15.0 Å². The van der Waals surface area contributed by atoms with Gasteiger partial charge in [-0.2, -0.15) is 0 Å². The molecule has 2 spiro atoms. The summed E-state index contributed by atoms with van der Waals surface area (Å²) >= 11 is 0. The molecule has 4 rings (SSSR count). The summed E-state index contributed by atoms with van der Waals surface area (Å²) in [5.74, 6) is 0.0751. The monoisotopic (exact) mass is 305 g/mol. The van der Waals surface area contributed by atoms with Crippen molar-refractivity contribution in [2.24, 2.45) is 16.7 Å². The van der Waals surface area contributed by atoms with E-state index in [-0.39, 0.29) is 17.7 Å². The molecule has 2 unspecified atom stereocenters. The number of ketones is 1. The molecule has 6 atom stereocenters. The van der Waals surface area contributed by atoms with Gasteiger partial charge in [-0.15, -0.1) is 0 Å². The molecule has 122 valence electrons. The molecule has 2 N–H and O–H groups in total. The van der Waals surface area contributed by atoms with Crippen molar-refractivity contribution in [2.75, 3.05) is 13.6 Å². The Hall–Kier alpha value is -0.710. The number of rotatable bonds is 0. The third kappa shape index (κ3) is 1.47. The van der Waals surface area contributed by atoms with Gasteiger partial charge in [-0.1, -0.05) is 12.0 Å². The Morgan fingerprint density at radius 2 is 2.05 bits per heavy atom. The molecule has 1 heterocycles. The van der Waals surface area contributed by atoms with Crippen LogP contribution in [0.5, 0.6) is 0 Å². The highest BCUT2D eigenvalue weighted by atomic mass is 16.3. The standard InChI is InChI=1S/C18H27NO3/c1-11-9-12-15(21)16(22)18-6-3-4-8-19(2)13(18)5-7-17(12,18)14(20)10-11/h10,12-13,15-16,21-22H,3-9H2,1-2H3/t12-,13?,15+,16+,17?,18-/m0/s1. The summed E-state index contributed by atoms with van der Waals surface area (Å²) in [4.78, 5) is 15.5. The van der Waals surface area contributed by atoms with Crippen LogP contribution in [0.25, 0.3) is 0 Å². The van der Waals surface area contributed by atoms with Crippen LogP contribution in [0.15, 0.2) is 11.6 Å². The second kappa shape index (κ2) is 4.65. The van der Waals surface area contributed by atoms with Crippen molar-refractivity contribution >= 4 is 5.78 Å². The fourth-order valence-corrected chi connectivity index (χ4v) is 6.63. The predicted molar refractivity (Wildman–Crippen MR) is 83.3 cm³/mol. The number of nitrogens with zero attached hydrogens (tertiary/aromatic N) is 1. The lowest BCUT2D eigenvalue weighted by Crippen LogP contribution is -2.55. The Morgan fingerprint density at radius 1 is 1.27 bits per heavy atom. The van der Waals surface area contributed by atoms with Crippen molar-refractivity contribution in [3.8, 4) is 0 Å². The molecule has 4 nitrogen and oxygen atoms in total. The zero-order valence-electron chi connectivity index (χ0n) is 13.6. The lowest BCUT2D eigenvalue weighted by atomic mass is 9.56. The highest BCUT2D eigenvalue weighted by Gasteiger charge is 2.76. The van der Waals surface area contributed by atoms with Crippen LogP contribution in [0, 0.1) is 16.7 Å². The Morgan fingerprint density at radius 3 is 2.82 bits per heavy atom. The number of carbonyl (C=O) groups is 1. The molecule has 0 aromatic rings. The fraction of sp³-hybridized carbons (Fsp3) is 0.833. The first-order valence-corrected chi connectivity index (χ1v) is 8.73. The van der Waals surface area contributed by atoms with Crippen LogP contribution in [-0.2, 0) is 4.79 Å². The molecule has 3 aliphatic carbocycles. The SMILES string of the molecule is CC1=CC(=O)C23CCC4N(C)CCCC[C@@]42[C@H](O)[C@H](O)[C@@H]3C1. The quantitative estimate of drug-likeness (QED) is 0.712.